The van der Waals surface area contributed by atoms with Gasteiger partial charge < -0.3 is 0 Å². The van der Waals surface area contributed by atoms with Crippen molar-refractivity contribution in [2.24, 2.45) is 0 Å². The Hall–Kier alpha value is 0.690. The minimum absolute atomic E-state index is 0.766. The fraction of sp³-hybridized carbons (Fsp3) is 1.00. The molecule has 0 bridgehead atoms. The van der Waals surface area contributed by atoms with Crippen molar-refractivity contribution in [3.63, 3.8) is 0 Å². The van der Waals surface area contributed by atoms with Gasteiger partial charge in [-0.15, -0.1) is 0 Å². The summed E-state index contributed by atoms with van der Waals surface area (Å²) < 4.78 is 0.766. The minimum atomic E-state index is 0.766. The highest BCUT2D eigenvalue weighted by Gasteiger charge is 2.20. The highest BCUT2D eigenvalue weighted by molar-refractivity contribution is 14.1. The molecule has 1 rings (SSSR count). The molecule has 0 aromatic rings. The van der Waals surface area contributed by atoms with Crippen LogP contribution in [-0.2, 0) is 0 Å². The van der Waals surface area contributed by atoms with E-state index in [-0.39, 0.29) is 0 Å². The molecule has 1 nitrogen and oxygen atoms in total. The van der Waals surface area contributed by atoms with Crippen molar-refractivity contribution >= 4 is 22.6 Å². The molecule has 0 N–H and O–H groups in total. The molecule has 36 valence electrons. The maximum atomic E-state index is 2.42. The molecule has 0 aromatic heterocycles. The summed E-state index contributed by atoms with van der Waals surface area (Å²) in [4.78, 5) is 2.40. The van der Waals surface area contributed by atoms with Crippen molar-refractivity contribution in [3.05, 3.63) is 0 Å². The summed E-state index contributed by atoms with van der Waals surface area (Å²) in [6.45, 7) is 4.86. The molecule has 1 fully saturated rings. The van der Waals surface area contributed by atoms with Gasteiger partial charge in [0.05, 0.1) is 4.05 Å². The second-order valence-corrected chi connectivity index (χ2v) is 3.41. The predicted molar refractivity (Wildman–Crippen MR) is 35.1 cm³/mol. The highest BCUT2D eigenvalue weighted by Crippen LogP contribution is 2.14. The third-order valence-electron chi connectivity index (χ3n) is 0.985. The molecule has 1 aliphatic rings. The van der Waals surface area contributed by atoms with Crippen LogP contribution < -0.4 is 0 Å². The van der Waals surface area contributed by atoms with Gasteiger partial charge in [-0.1, -0.05) is 22.6 Å². The molecule has 6 heavy (non-hydrogen) atoms. The quantitative estimate of drug-likeness (QED) is 0.263. The summed E-state index contributed by atoms with van der Waals surface area (Å²) in [5.41, 5.74) is 0. The van der Waals surface area contributed by atoms with E-state index in [1.807, 2.05) is 0 Å². The van der Waals surface area contributed by atoms with E-state index >= 15 is 0 Å². The van der Waals surface area contributed by atoms with Crippen LogP contribution >= 0.6 is 22.6 Å². The molecule has 0 aromatic carbocycles. The average molecular weight is 197 g/mol. The van der Waals surface area contributed by atoms with Crippen LogP contribution in [0.1, 0.15) is 6.92 Å². The van der Waals surface area contributed by atoms with Crippen molar-refractivity contribution in [3.8, 4) is 0 Å². The molecule has 1 atom stereocenters. The van der Waals surface area contributed by atoms with Gasteiger partial charge in [0, 0.05) is 13.1 Å². The number of hydrogen-bond donors (Lipinski definition) is 0. The van der Waals surface area contributed by atoms with E-state index < -0.39 is 0 Å². The summed E-state index contributed by atoms with van der Waals surface area (Å²) in [5, 5.41) is 0. The minimum Gasteiger partial charge on any atom is -0.289 e. The van der Waals surface area contributed by atoms with Gasteiger partial charge in [-0.2, -0.15) is 0 Å². The molecule has 1 unspecified atom stereocenters. The maximum Gasteiger partial charge on any atom is 0.0590 e. The molecule has 2 heteroatoms. The Balaban J connectivity index is 2.13. The summed E-state index contributed by atoms with van der Waals surface area (Å²) in [6.07, 6.45) is 0. The molecule has 0 saturated carbocycles. The van der Waals surface area contributed by atoms with Gasteiger partial charge in [0.2, 0.25) is 0 Å². The van der Waals surface area contributed by atoms with Gasteiger partial charge in [-0.3, -0.25) is 4.90 Å². The van der Waals surface area contributed by atoms with Crippen molar-refractivity contribution in [2.45, 2.75) is 11.0 Å². The lowest BCUT2D eigenvalue weighted by Crippen LogP contribution is -2.02. The average Bonchev–Trinajstić information content (AvgIpc) is 2.06. The zero-order valence-electron chi connectivity index (χ0n) is 3.82. The van der Waals surface area contributed by atoms with Gasteiger partial charge in [0.15, 0.2) is 0 Å². The van der Waals surface area contributed by atoms with Crippen LogP contribution in [0.4, 0.5) is 0 Å². The summed E-state index contributed by atoms with van der Waals surface area (Å²) in [6, 6.07) is 0. The first-order chi connectivity index (χ1) is 2.80. The lowest BCUT2D eigenvalue weighted by Gasteiger charge is -1.97. The first kappa shape index (κ1) is 4.84. The van der Waals surface area contributed by atoms with Gasteiger partial charge in [0.1, 0.15) is 0 Å². The van der Waals surface area contributed by atoms with E-state index in [9.17, 15) is 0 Å². The van der Waals surface area contributed by atoms with E-state index in [1.54, 1.807) is 0 Å². The maximum absolute atomic E-state index is 2.42. The van der Waals surface area contributed by atoms with Crippen molar-refractivity contribution in [1.29, 1.82) is 0 Å². The lowest BCUT2D eigenvalue weighted by molar-refractivity contribution is 0.573. The smallest absolute Gasteiger partial charge is 0.0590 e. The van der Waals surface area contributed by atoms with Crippen molar-refractivity contribution < 1.29 is 0 Å². The highest BCUT2D eigenvalue weighted by atomic mass is 127. The van der Waals surface area contributed by atoms with Gasteiger partial charge >= 0.3 is 0 Å². The molecular weight excluding hydrogens is 189 g/mol. The normalized spacial score (nSPS) is 27.0. The first-order valence-corrected chi connectivity index (χ1v) is 3.43. The van der Waals surface area contributed by atoms with Crippen LogP contribution in [0.25, 0.3) is 0 Å². The fourth-order valence-electron chi connectivity index (χ4n) is 0.414. The van der Waals surface area contributed by atoms with E-state index in [0.717, 1.165) is 4.05 Å². The molecule has 1 aliphatic heterocycles. The molecule has 0 radical (unpaired) electrons. The number of halogens is 1. The van der Waals surface area contributed by atoms with Crippen LogP contribution in [-0.4, -0.2) is 22.0 Å². The van der Waals surface area contributed by atoms with Crippen LogP contribution in [0, 0.1) is 0 Å². The Morgan fingerprint density at radius 2 is 2.17 bits per heavy atom. The van der Waals surface area contributed by atoms with Gasteiger partial charge in [0.25, 0.3) is 0 Å². The third-order valence-corrected chi connectivity index (χ3v) is 1.77. The molecule has 1 heterocycles. The second kappa shape index (κ2) is 1.66. The van der Waals surface area contributed by atoms with Gasteiger partial charge in [-0.25, -0.2) is 0 Å². The largest absolute Gasteiger partial charge is 0.289 e. The molecule has 0 aliphatic carbocycles. The van der Waals surface area contributed by atoms with Crippen LogP contribution in [0.2, 0.25) is 0 Å². The SMILES string of the molecule is CC(I)N1CC1. The number of rotatable bonds is 1. The van der Waals surface area contributed by atoms with Crippen LogP contribution in [0.3, 0.4) is 0 Å². The zero-order valence-corrected chi connectivity index (χ0v) is 5.97. The summed E-state index contributed by atoms with van der Waals surface area (Å²) >= 11 is 2.42. The predicted octanol–water partition coefficient (Wildman–Crippen LogP) is 1.08. The molecule has 0 amide bonds. The standard InChI is InChI=1S/C4H8IN/c1-4(5)6-2-3-6/h4H,2-3H2,1H3. The summed E-state index contributed by atoms with van der Waals surface area (Å²) in [5.74, 6) is 0. The second-order valence-electron chi connectivity index (χ2n) is 1.61. The third kappa shape index (κ3) is 1.08. The Morgan fingerprint density at radius 3 is 2.17 bits per heavy atom. The van der Waals surface area contributed by atoms with Crippen LogP contribution in [0.5, 0.6) is 0 Å². The van der Waals surface area contributed by atoms with E-state index in [0.29, 0.717) is 0 Å². The van der Waals surface area contributed by atoms with Crippen molar-refractivity contribution in [2.75, 3.05) is 13.1 Å². The van der Waals surface area contributed by atoms with E-state index in [4.69, 9.17) is 0 Å². The van der Waals surface area contributed by atoms with Gasteiger partial charge in [-0.05, 0) is 6.92 Å². The number of alkyl halides is 1. The molecular formula is C4H8IN. The fourth-order valence-corrected chi connectivity index (χ4v) is 0.971. The lowest BCUT2D eigenvalue weighted by atomic mass is 10.8. The van der Waals surface area contributed by atoms with E-state index in [1.165, 1.54) is 13.1 Å². The molecule has 1 saturated heterocycles. The first-order valence-electron chi connectivity index (χ1n) is 2.19. The van der Waals surface area contributed by atoms with Crippen molar-refractivity contribution in [1.82, 2.24) is 4.90 Å². The molecule has 0 spiro atoms. The van der Waals surface area contributed by atoms with E-state index in [2.05, 4.69) is 34.4 Å². The Labute approximate surface area is 51.8 Å². The number of hydrogen-bond acceptors (Lipinski definition) is 1. The Bertz CT molecular complexity index is 49.5. The topological polar surface area (TPSA) is 3.01 Å². The Kier molecular flexibility index (Phi) is 1.34. The Morgan fingerprint density at radius 1 is 1.67 bits per heavy atom. The monoisotopic (exact) mass is 197 g/mol. The summed E-state index contributed by atoms with van der Waals surface area (Å²) in [7, 11) is 0. The number of nitrogens with zero attached hydrogens (tertiary/aromatic N) is 1. The zero-order chi connectivity index (χ0) is 4.57. The van der Waals surface area contributed by atoms with Crippen LogP contribution in [0.15, 0.2) is 0 Å².